The summed E-state index contributed by atoms with van der Waals surface area (Å²) in [5, 5.41) is 15.0. The van der Waals surface area contributed by atoms with E-state index in [-0.39, 0.29) is 11.5 Å². The molecule has 0 radical (unpaired) electrons. The number of hydrogen-bond acceptors (Lipinski definition) is 3. The average molecular weight is 565 g/mol. The summed E-state index contributed by atoms with van der Waals surface area (Å²) in [6, 6.07) is 40.5. The summed E-state index contributed by atoms with van der Waals surface area (Å²) in [6.45, 7) is 0. The number of aromatic nitrogens is 4. The van der Waals surface area contributed by atoms with Gasteiger partial charge in [-0.3, -0.25) is 9.08 Å². The quantitative estimate of drug-likeness (QED) is 0.203. The molecule has 3 heterocycles. The van der Waals surface area contributed by atoms with Crippen LogP contribution in [0, 0.1) is 5.82 Å². The van der Waals surface area contributed by atoms with Crippen molar-refractivity contribution in [2.24, 2.45) is 0 Å². The number of carboxylic acids is 1. The van der Waals surface area contributed by atoms with Gasteiger partial charge in [0.25, 0.3) is 0 Å². The van der Waals surface area contributed by atoms with E-state index in [0.29, 0.717) is 11.3 Å². The molecule has 7 heteroatoms. The van der Waals surface area contributed by atoms with Gasteiger partial charge in [0, 0.05) is 29.1 Å². The Bertz CT molecular complexity index is 1960. The lowest BCUT2D eigenvalue weighted by molar-refractivity contribution is 0.0689. The second kappa shape index (κ2) is 10.5. The monoisotopic (exact) mass is 564 g/mol. The Labute approximate surface area is 247 Å². The van der Waals surface area contributed by atoms with Gasteiger partial charge in [-0.1, -0.05) is 91.0 Å². The van der Waals surface area contributed by atoms with Crippen LogP contribution in [-0.4, -0.2) is 30.2 Å². The van der Waals surface area contributed by atoms with Gasteiger partial charge in [-0.05, 0) is 53.1 Å². The molecule has 0 aliphatic heterocycles. The fourth-order valence-electron chi connectivity index (χ4n) is 5.81. The SMILES string of the molecule is O=C(O)c1cnc2ccc(-c3cn(C(c4ccccc4)(c4ccccc4)c4ccccc4)nc3-c3ccc(F)cc3)cn12. The highest BCUT2D eigenvalue weighted by atomic mass is 19.1. The first-order valence-corrected chi connectivity index (χ1v) is 13.8. The molecular formula is C36H25FN4O2. The lowest BCUT2D eigenvalue weighted by Gasteiger charge is -2.36. The molecule has 7 aromatic rings. The molecule has 43 heavy (non-hydrogen) atoms. The summed E-state index contributed by atoms with van der Waals surface area (Å²) in [5.41, 5.74) is 5.56. The van der Waals surface area contributed by atoms with Gasteiger partial charge >= 0.3 is 5.97 Å². The van der Waals surface area contributed by atoms with Crippen LogP contribution in [0.4, 0.5) is 4.39 Å². The molecule has 1 N–H and O–H groups in total. The van der Waals surface area contributed by atoms with Crippen LogP contribution in [0.2, 0.25) is 0 Å². The molecule has 0 bridgehead atoms. The Balaban J connectivity index is 1.57. The summed E-state index contributed by atoms with van der Waals surface area (Å²) < 4.78 is 17.6. The number of rotatable bonds is 7. The number of benzene rings is 4. The Kier molecular flexibility index (Phi) is 6.40. The van der Waals surface area contributed by atoms with E-state index in [2.05, 4.69) is 41.4 Å². The van der Waals surface area contributed by atoms with E-state index in [9.17, 15) is 14.3 Å². The molecule has 3 aromatic heterocycles. The smallest absolute Gasteiger partial charge is 0.354 e. The van der Waals surface area contributed by atoms with Crippen molar-refractivity contribution >= 4 is 11.6 Å². The molecule has 0 aliphatic carbocycles. The number of fused-ring (bicyclic) bond motifs is 1. The van der Waals surface area contributed by atoms with Crippen LogP contribution in [0.25, 0.3) is 28.0 Å². The van der Waals surface area contributed by atoms with Gasteiger partial charge in [0.15, 0.2) is 5.69 Å². The second-order valence-electron chi connectivity index (χ2n) is 10.2. The highest BCUT2D eigenvalue weighted by molar-refractivity contribution is 5.87. The van der Waals surface area contributed by atoms with E-state index in [0.717, 1.165) is 33.4 Å². The second-order valence-corrected chi connectivity index (χ2v) is 10.2. The molecule has 0 spiro atoms. The number of aromatic carboxylic acids is 1. The molecule has 7 rings (SSSR count). The summed E-state index contributed by atoms with van der Waals surface area (Å²) in [6.07, 6.45) is 5.09. The van der Waals surface area contributed by atoms with Crippen molar-refractivity contribution in [2.45, 2.75) is 5.54 Å². The first-order chi connectivity index (χ1) is 21.1. The summed E-state index contributed by atoms with van der Waals surface area (Å²) in [5.74, 6) is -1.42. The van der Waals surface area contributed by atoms with Crippen molar-refractivity contribution in [1.82, 2.24) is 19.2 Å². The fraction of sp³-hybridized carbons (Fsp3) is 0.0278. The third kappa shape index (κ3) is 4.38. The van der Waals surface area contributed by atoms with Crippen molar-refractivity contribution in [1.29, 1.82) is 0 Å². The maximum atomic E-state index is 14.1. The van der Waals surface area contributed by atoms with E-state index in [1.165, 1.54) is 18.3 Å². The first kappa shape index (κ1) is 26.1. The van der Waals surface area contributed by atoms with Gasteiger partial charge in [-0.25, -0.2) is 14.2 Å². The Morgan fingerprint density at radius 3 is 1.74 bits per heavy atom. The number of carbonyl (C=O) groups is 1. The zero-order valence-electron chi connectivity index (χ0n) is 22.9. The normalized spacial score (nSPS) is 11.6. The summed E-state index contributed by atoms with van der Waals surface area (Å²) in [4.78, 5) is 16.2. The molecular weight excluding hydrogens is 539 g/mol. The Morgan fingerprint density at radius 2 is 1.21 bits per heavy atom. The topological polar surface area (TPSA) is 72.4 Å². The summed E-state index contributed by atoms with van der Waals surface area (Å²) >= 11 is 0. The lowest BCUT2D eigenvalue weighted by atomic mass is 9.77. The molecule has 0 atom stereocenters. The van der Waals surface area contributed by atoms with E-state index in [1.807, 2.05) is 71.5 Å². The van der Waals surface area contributed by atoms with Gasteiger partial charge in [-0.2, -0.15) is 5.10 Å². The maximum Gasteiger partial charge on any atom is 0.354 e. The molecule has 6 nitrogen and oxygen atoms in total. The van der Waals surface area contributed by atoms with E-state index >= 15 is 0 Å². The predicted molar refractivity (Wildman–Crippen MR) is 163 cm³/mol. The highest BCUT2D eigenvalue weighted by Gasteiger charge is 2.40. The largest absolute Gasteiger partial charge is 0.477 e. The van der Waals surface area contributed by atoms with E-state index in [1.54, 1.807) is 28.8 Å². The Morgan fingerprint density at radius 1 is 0.674 bits per heavy atom. The third-order valence-corrected chi connectivity index (χ3v) is 7.79. The maximum absolute atomic E-state index is 14.1. The van der Waals surface area contributed by atoms with Gasteiger partial charge in [0.05, 0.1) is 6.20 Å². The van der Waals surface area contributed by atoms with Crippen molar-refractivity contribution in [3.63, 3.8) is 0 Å². The van der Waals surface area contributed by atoms with Crippen LogP contribution >= 0.6 is 0 Å². The minimum Gasteiger partial charge on any atom is -0.477 e. The molecule has 0 aliphatic rings. The first-order valence-electron chi connectivity index (χ1n) is 13.8. The van der Waals surface area contributed by atoms with Crippen LogP contribution < -0.4 is 0 Å². The van der Waals surface area contributed by atoms with Crippen LogP contribution in [0.3, 0.4) is 0 Å². The highest BCUT2D eigenvalue weighted by Crippen LogP contribution is 2.43. The number of carboxylic acid groups (broad SMARTS) is 1. The minimum absolute atomic E-state index is 0.0553. The molecule has 0 saturated carbocycles. The minimum atomic E-state index is -1.07. The average Bonchev–Trinajstić information content (AvgIpc) is 3.69. The molecule has 4 aromatic carbocycles. The zero-order chi connectivity index (χ0) is 29.4. The Hall–Kier alpha value is -5.82. The summed E-state index contributed by atoms with van der Waals surface area (Å²) in [7, 11) is 0. The molecule has 0 saturated heterocycles. The van der Waals surface area contributed by atoms with Crippen molar-refractivity contribution in [2.75, 3.05) is 0 Å². The standard InChI is InChI=1S/C36H25FN4O2/c37-30-19-16-25(17-20-30)34-31(26-18-21-33-38-22-32(35(42)43)40(33)23-26)24-41(39-34)36(27-10-4-1-5-11-27,28-12-6-2-7-13-28)29-14-8-3-9-15-29/h1-24H,(H,42,43). The molecule has 0 fully saturated rings. The number of imidazole rings is 1. The number of halogens is 1. The van der Waals surface area contributed by atoms with Gasteiger partial charge in [-0.15, -0.1) is 0 Å². The third-order valence-electron chi connectivity index (χ3n) is 7.79. The fourth-order valence-corrected chi connectivity index (χ4v) is 5.81. The van der Waals surface area contributed by atoms with E-state index < -0.39 is 11.5 Å². The van der Waals surface area contributed by atoms with Crippen molar-refractivity contribution in [3.05, 3.63) is 174 Å². The molecule has 208 valence electrons. The number of nitrogens with zero attached hydrogens (tertiary/aromatic N) is 4. The van der Waals surface area contributed by atoms with E-state index in [4.69, 9.17) is 5.10 Å². The predicted octanol–water partition coefficient (Wildman–Crippen LogP) is 7.54. The van der Waals surface area contributed by atoms with Gasteiger partial charge in [0.1, 0.15) is 22.7 Å². The van der Waals surface area contributed by atoms with Crippen LogP contribution in [0.5, 0.6) is 0 Å². The van der Waals surface area contributed by atoms with Crippen LogP contribution in [0.1, 0.15) is 27.2 Å². The molecule has 0 amide bonds. The number of hydrogen-bond donors (Lipinski definition) is 1. The zero-order valence-corrected chi connectivity index (χ0v) is 22.9. The number of pyridine rings is 1. The van der Waals surface area contributed by atoms with Crippen molar-refractivity contribution < 1.29 is 14.3 Å². The van der Waals surface area contributed by atoms with Crippen molar-refractivity contribution in [3.8, 4) is 22.4 Å². The van der Waals surface area contributed by atoms with Crippen LogP contribution in [0.15, 0.2) is 146 Å². The van der Waals surface area contributed by atoms with Gasteiger partial charge in [0.2, 0.25) is 0 Å². The van der Waals surface area contributed by atoms with Gasteiger partial charge < -0.3 is 5.11 Å². The van der Waals surface area contributed by atoms with Crippen LogP contribution in [-0.2, 0) is 5.54 Å². The lowest BCUT2D eigenvalue weighted by Crippen LogP contribution is -2.38. The molecule has 0 unspecified atom stereocenters.